The van der Waals surface area contributed by atoms with Gasteiger partial charge in [-0.25, -0.2) is 4.39 Å². The van der Waals surface area contributed by atoms with Crippen molar-refractivity contribution >= 4 is 28.9 Å². The van der Waals surface area contributed by atoms with E-state index >= 15 is 0 Å². The first kappa shape index (κ1) is 15.1. The van der Waals surface area contributed by atoms with Crippen molar-refractivity contribution in [2.75, 3.05) is 20.1 Å². The monoisotopic (exact) mass is 321 g/mol. The van der Waals surface area contributed by atoms with Gasteiger partial charge in [0.25, 0.3) is 5.91 Å². The van der Waals surface area contributed by atoms with E-state index in [-0.39, 0.29) is 17.2 Å². The van der Waals surface area contributed by atoms with Crippen LogP contribution in [0.4, 0.5) is 4.39 Å². The lowest BCUT2D eigenvalue weighted by molar-refractivity contribution is -0.113. The summed E-state index contributed by atoms with van der Waals surface area (Å²) in [5.41, 5.74) is 0.279. The molecule has 5 nitrogen and oxygen atoms in total. The molecule has 2 N–H and O–H groups in total. The minimum absolute atomic E-state index is 0.0628. The Kier molecular flexibility index (Phi) is 4.17. The van der Waals surface area contributed by atoms with Gasteiger partial charge in [0.15, 0.2) is 5.17 Å². The van der Waals surface area contributed by atoms with E-state index in [1.807, 2.05) is 7.05 Å². The van der Waals surface area contributed by atoms with Crippen LogP contribution in [-0.2, 0) is 4.79 Å². The molecule has 1 aromatic carbocycles. The molecule has 0 spiro atoms. The van der Waals surface area contributed by atoms with Crippen molar-refractivity contribution in [3.63, 3.8) is 0 Å². The van der Waals surface area contributed by atoms with Crippen molar-refractivity contribution in [1.82, 2.24) is 10.2 Å². The van der Waals surface area contributed by atoms with Crippen LogP contribution in [0.15, 0.2) is 28.1 Å². The molecule has 1 aromatic rings. The Morgan fingerprint density at radius 2 is 2.36 bits per heavy atom. The number of carbonyl (C=O) groups excluding carboxylic acids is 1. The minimum Gasteiger partial charge on any atom is -0.507 e. The third kappa shape index (κ3) is 3.00. The first-order valence-corrected chi connectivity index (χ1v) is 7.82. The molecule has 2 heterocycles. The number of hydrogen-bond acceptors (Lipinski definition) is 5. The molecule has 0 saturated carbocycles. The van der Waals surface area contributed by atoms with Crippen molar-refractivity contribution in [2.45, 2.75) is 12.5 Å². The van der Waals surface area contributed by atoms with E-state index in [1.54, 1.807) is 0 Å². The molecular formula is C15H16FN3O2S. The van der Waals surface area contributed by atoms with Gasteiger partial charge in [0.1, 0.15) is 11.6 Å². The summed E-state index contributed by atoms with van der Waals surface area (Å²) in [5, 5.41) is 13.6. The molecule has 2 aliphatic heterocycles. The third-order valence-corrected chi connectivity index (χ3v) is 4.80. The van der Waals surface area contributed by atoms with Crippen molar-refractivity contribution in [3.8, 4) is 5.75 Å². The summed E-state index contributed by atoms with van der Waals surface area (Å²) >= 11 is 1.26. The predicted octanol–water partition coefficient (Wildman–Crippen LogP) is 1.80. The standard InChI is InChI=1S/C15H16FN3O2S/c1-17-11-4-5-19(8-11)15-18-14(21)13(22-15)7-9-6-10(16)2-3-12(9)20/h2-3,6-7,11,17,20H,4-5,8H2,1H3/b13-7-/t11-/m0/s1. The molecule has 1 saturated heterocycles. The topological polar surface area (TPSA) is 64.9 Å². The van der Waals surface area contributed by atoms with E-state index in [2.05, 4.69) is 15.2 Å². The Bertz CT molecular complexity index is 675. The fraction of sp³-hybridized carbons (Fsp3) is 0.333. The summed E-state index contributed by atoms with van der Waals surface area (Å²) in [6.07, 6.45) is 2.49. The highest BCUT2D eigenvalue weighted by Crippen LogP contribution is 2.33. The van der Waals surface area contributed by atoms with Crippen molar-refractivity contribution in [3.05, 3.63) is 34.5 Å². The van der Waals surface area contributed by atoms with Crippen molar-refractivity contribution in [1.29, 1.82) is 0 Å². The number of amidine groups is 1. The van der Waals surface area contributed by atoms with Crippen LogP contribution < -0.4 is 5.32 Å². The maximum Gasteiger partial charge on any atom is 0.286 e. The fourth-order valence-electron chi connectivity index (χ4n) is 2.49. The number of benzene rings is 1. The zero-order valence-corrected chi connectivity index (χ0v) is 12.9. The first-order valence-electron chi connectivity index (χ1n) is 7.00. The maximum atomic E-state index is 13.2. The predicted molar refractivity (Wildman–Crippen MR) is 85.1 cm³/mol. The Balaban J connectivity index is 1.77. The van der Waals surface area contributed by atoms with Crippen LogP contribution in [0.25, 0.3) is 6.08 Å². The number of hydrogen-bond donors (Lipinski definition) is 2. The minimum atomic E-state index is -0.461. The summed E-state index contributed by atoms with van der Waals surface area (Å²) < 4.78 is 13.2. The first-order chi connectivity index (χ1) is 10.6. The van der Waals surface area contributed by atoms with Gasteiger partial charge in [0, 0.05) is 24.7 Å². The lowest BCUT2D eigenvalue weighted by atomic mass is 10.2. The number of amides is 1. The summed E-state index contributed by atoms with van der Waals surface area (Å²) in [5.74, 6) is -0.874. The van der Waals surface area contributed by atoms with E-state index in [0.29, 0.717) is 16.1 Å². The number of halogens is 1. The molecule has 116 valence electrons. The summed E-state index contributed by atoms with van der Waals surface area (Å²) in [6.45, 7) is 1.66. The molecular weight excluding hydrogens is 305 g/mol. The van der Waals surface area contributed by atoms with Gasteiger partial charge in [-0.05, 0) is 49.5 Å². The molecule has 1 atom stereocenters. The Labute approximate surface area is 131 Å². The largest absolute Gasteiger partial charge is 0.507 e. The SMILES string of the molecule is CN[C@H]1CCN(C2=NC(=O)/C(=C/c3cc(F)ccc3O)S2)C1. The van der Waals surface area contributed by atoms with Crippen LogP contribution >= 0.6 is 11.8 Å². The van der Waals surface area contributed by atoms with Gasteiger partial charge >= 0.3 is 0 Å². The third-order valence-electron chi connectivity index (χ3n) is 3.75. The second-order valence-corrected chi connectivity index (χ2v) is 6.24. The molecule has 0 aliphatic carbocycles. The number of likely N-dealkylation sites (N-methyl/N-ethyl adjacent to an activating group) is 1. The Morgan fingerprint density at radius 1 is 1.55 bits per heavy atom. The number of phenols is 1. The quantitative estimate of drug-likeness (QED) is 0.813. The number of aliphatic imine (C=N–C) groups is 1. The number of phenolic OH excluding ortho intramolecular Hbond substituents is 1. The smallest absolute Gasteiger partial charge is 0.286 e. The number of likely N-dealkylation sites (tertiary alicyclic amines) is 1. The van der Waals surface area contributed by atoms with Gasteiger partial charge in [-0.3, -0.25) is 4.79 Å². The zero-order chi connectivity index (χ0) is 15.7. The Morgan fingerprint density at radius 3 is 3.09 bits per heavy atom. The molecule has 22 heavy (non-hydrogen) atoms. The van der Waals surface area contributed by atoms with Crippen LogP contribution in [0.2, 0.25) is 0 Å². The lowest BCUT2D eigenvalue weighted by Crippen LogP contribution is -2.31. The number of aromatic hydroxyl groups is 1. The number of nitrogens with zero attached hydrogens (tertiary/aromatic N) is 2. The average molecular weight is 321 g/mol. The highest BCUT2D eigenvalue weighted by molar-refractivity contribution is 8.18. The van der Waals surface area contributed by atoms with Crippen molar-refractivity contribution < 1.29 is 14.3 Å². The van der Waals surface area contributed by atoms with Crippen LogP contribution in [0.5, 0.6) is 5.75 Å². The molecule has 1 amide bonds. The molecule has 1 fully saturated rings. The number of carbonyl (C=O) groups is 1. The van der Waals surface area contributed by atoms with Gasteiger partial charge < -0.3 is 15.3 Å². The number of rotatable bonds is 2. The normalized spacial score (nSPS) is 23.5. The molecule has 3 rings (SSSR count). The zero-order valence-electron chi connectivity index (χ0n) is 12.0. The lowest BCUT2D eigenvalue weighted by Gasteiger charge is -2.16. The van der Waals surface area contributed by atoms with Gasteiger partial charge in [0.05, 0.1) is 4.91 Å². The molecule has 0 aromatic heterocycles. The molecule has 2 aliphatic rings. The van der Waals surface area contributed by atoms with Gasteiger partial charge in [-0.15, -0.1) is 0 Å². The summed E-state index contributed by atoms with van der Waals surface area (Å²) in [4.78, 5) is 18.5. The van der Waals surface area contributed by atoms with E-state index < -0.39 is 5.82 Å². The van der Waals surface area contributed by atoms with E-state index in [4.69, 9.17) is 0 Å². The van der Waals surface area contributed by atoms with Gasteiger partial charge in [0.2, 0.25) is 0 Å². The van der Waals surface area contributed by atoms with Gasteiger partial charge in [-0.2, -0.15) is 4.99 Å². The highest BCUT2D eigenvalue weighted by atomic mass is 32.2. The second kappa shape index (κ2) is 6.10. The summed E-state index contributed by atoms with van der Waals surface area (Å²) in [6, 6.07) is 4.04. The van der Waals surface area contributed by atoms with E-state index in [1.165, 1.54) is 36.0 Å². The Hall–Kier alpha value is -1.86. The van der Waals surface area contributed by atoms with Crippen LogP contribution in [0.1, 0.15) is 12.0 Å². The maximum absolute atomic E-state index is 13.2. The summed E-state index contributed by atoms with van der Waals surface area (Å²) in [7, 11) is 1.92. The van der Waals surface area contributed by atoms with Crippen molar-refractivity contribution in [2.24, 2.45) is 4.99 Å². The average Bonchev–Trinajstić information content (AvgIpc) is 3.10. The van der Waals surface area contributed by atoms with Crippen LogP contribution in [-0.4, -0.2) is 47.3 Å². The highest BCUT2D eigenvalue weighted by Gasteiger charge is 2.30. The molecule has 7 heteroatoms. The van der Waals surface area contributed by atoms with Gasteiger partial charge in [-0.1, -0.05) is 0 Å². The molecule has 0 bridgehead atoms. The van der Waals surface area contributed by atoms with Crippen LogP contribution in [0, 0.1) is 5.82 Å². The van der Waals surface area contributed by atoms with E-state index in [9.17, 15) is 14.3 Å². The fourth-order valence-corrected chi connectivity index (χ4v) is 3.42. The molecule has 0 unspecified atom stereocenters. The number of nitrogens with one attached hydrogen (secondary N) is 1. The van der Waals surface area contributed by atoms with Crippen LogP contribution in [0.3, 0.4) is 0 Å². The number of thioether (sulfide) groups is 1. The van der Waals surface area contributed by atoms with E-state index in [0.717, 1.165) is 19.5 Å². The molecule has 0 radical (unpaired) electrons. The second-order valence-electron chi connectivity index (χ2n) is 5.23.